The lowest BCUT2D eigenvalue weighted by Crippen LogP contribution is -2.28. The monoisotopic (exact) mass is 222 g/mol. The maximum atomic E-state index is 11.8. The number of nitrogens with zero attached hydrogens (tertiary/aromatic N) is 1. The lowest BCUT2D eigenvalue weighted by molar-refractivity contribution is -0.120. The van der Waals surface area contributed by atoms with E-state index in [0.717, 1.165) is 6.54 Å². The van der Waals surface area contributed by atoms with Crippen LogP contribution >= 0.6 is 0 Å². The van der Waals surface area contributed by atoms with E-state index in [1.165, 1.54) is 12.1 Å². The van der Waals surface area contributed by atoms with Crippen molar-refractivity contribution in [2.24, 2.45) is 11.8 Å². The fourth-order valence-electron chi connectivity index (χ4n) is 1.79. The van der Waals surface area contributed by atoms with Crippen LogP contribution in [0.4, 0.5) is 5.82 Å². The summed E-state index contributed by atoms with van der Waals surface area (Å²) in [5, 5.41) is 11.8. The van der Waals surface area contributed by atoms with Crippen molar-refractivity contribution < 1.29 is 4.79 Å². The first kappa shape index (κ1) is 10.8. The van der Waals surface area contributed by atoms with Crippen LogP contribution in [0.15, 0.2) is 16.9 Å². The molecular weight excluding hydrogens is 208 g/mol. The standard InChI is InChI=1S/C10H14N4O2/c1-6-4-11-5-7(6)10(16)12-8-2-3-9(15)14-13-8/h2-3,6-7,11H,4-5H2,1H3,(H,14,15)(H,12,13,16)/t6-,7-/m1/s1. The molecule has 0 unspecified atom stereocenters. The number of amides is 1. The first-order chi connectivity index (χ1) is 7.66. The van der Waals surface area contributed by atoms with Gasteiger partial charge in [-0.1, -0.05) is 6.92 Å². The summed E-state index contributed by atoms with van der Waals surface area (Å²) in [6, 6.07) is 2.82. The number of aromatic amines is 1. The van der Waals surface area contributed by atoms with Crippen molar-refractivity contribution >= 4 is 11.7 Å². The highest BCUT2D eigenvalue weighted by molar-refractivity contribution is 5.92. The molecule has 1 aromatic heterocycles. The summed E-state index contributed by atoms with van der Waals surface area (Å²) in [5.74, 6) is 0.609. The number of hydrogen-bond donors (Lipinski definition) is 3. The SMILES string of the molecule is C[C@@H]1CNC[C@H]1C(=O)Nc1ccc(=O)[nH]n1. The summed E-state index contributed by atoms with van der Waals surface area (Å²) >= 11 is 0. The molecule has 6 nitrogen and oxygen atoms in total. The molecule has 0 saturated carbocycles. The van der Waals surface area contributed by atoms with Gasteiger partial charge in [0, 0.05) is 12.6 Å². The van der Waals surface area contributed by atoms with Gasteiger partial charge in [-0.3, -0.25) is 9.59 Å². The Labute approximate surface area is 92.4 Å². The molecule has 0 aliphatic carbocycles. The molecule has 0 bridgehead atoms. The number of nitrogens with one attached hydrogen (secondary N) is 3. The molecule has 1 aromatic rings. The molecule has 86 valence electrons. The normalized spacial score (nSPS) is 24.3. The predicted octanol–water partition coefficient (Wildman–Crippen LogP) is -0.436. The summed E-state index contributed by atoms with van der Waals surface area (Å²) in [4.78, 5) is 22.6. The van der Waals surface area contributed by atoms with Gasteiger partial charge in [-0.15, -0.1) is 0 Å². The van der Waals surface area contributed by atoms with Crippen molar-refractivity contribution in [1.29, 1.82) is 0 Å². The quantitative estimate of drug-likeness (QED) is 0.633. The van der Waals surface area contributed by atoms with E-state index in [1.807, 2.05) is 6.92 Å². The van der Waals surface area contributed by atoms with Gasteiger partial charge in [0.25, 0.3) is 5.56 Å². The summed E-state index contributed by atoms with van der Waals surface area (Å²) in [5.41, 5.74) is -0.283. The highest BCUT2D eigenvalue weighted by atomic mass is 16.2. The summed E-state index contributed by atoms with van der Waals surface area (Å²) in [6.45, 7) is 3.58. The van der Waals surface area contributed by atoms with E-state index in [-0.39, 0.29) is 17.4 Å². The Hall–Kier alpha value is -1.69. The molecule has 2 heterocycles. The van der Waals surface area contributed by atoms with Crippen LogP contribution < -0.4 is 16.2 Å². The highest BCUT2D eigenvalue weighted by Crippen LogP contribution is 2.17. The van der Waals surface area contributed by atoms with Crippen LogP contribution in [0.25, 0.3) is 0 Å². The van der Waals surface area contributed by atoms with Crippen molar-refractivity contribution in [3.05, 3.63) is 22.5 Å². The molecule has 0 radical (unpaired) electrons. The Morgan fingerprint density at radius 2 is 2.31 bits per heavy atom. The summed E-state index contributed by atoms with van der Waals surface area (Å²) < 4.78 is 0. The molecule has 2 rings (SSSR count). The van der Waals surface area contributed by atoms with Gasteiger partial charge in [-0.25, -0.2) is 5.10 Å². The second kappa shape index (κ2) is 4.44. The molecule has 0 spiro atoms. The Morgan fingerprint density at radius 3 is 2.88 bits per heavy atom. The average molecular weight is 222 g/mol. The zero-order valence-corrected chi connectivity index (χ0v) is 8.99. The molecular formula is C10H14N4O2. The lowest BCUT2D eigenvalue weighted by atomic mass is 9.97. The molecule has 0 aromatic carbocycles. The minimum absolute atomic E-state index is 0.0336. The topological polar surface area (TPSA) is 86.9 Å². The van der Waals surface area contributed by atoms with E-state index < -0.39 is 0 Å². The zero-order chi connectivity index (χ0) is 11.5. The number of aromatic nitrogens is 2. The van der Waals surface area contributed by atoms with Gasteiger partial charge in [-0.05, 0) is 18.5 Å². The third-order valence-electron chi connectivity index (χ3n) is 2.78. The Kier molecular flexibility index (Phi) is 3.00. The molecule has 1 amide bonds. The van der Waals surface area contributed by atoms with E-state index in [1.54, 1.807) is 0 Å². The van der Waals surface area contributed by atoms with Gasteiger partial charge < -0.3 is 10.6 Å². The molecule has 6 heteroatoms. The zero-order valence-electron chi connectivity index (χ0n) is 8.99. The lowest BCUT2D eigenvalue weighted by Gasteiger charge is -2.13. The van der Waals surface area contributed by atoms with Gasteiger partial charge in [0.05, 0.1) is 5.92 Å². The molecule has 16 heavy (non-hydrogen) atoms. The predicted molar refractivity (Wildman–Crippen MR) is 59.0 cm³/mol. The maximum absolute atomic E-state index is 11.8. The number of carbonyl (C=O) groups excluding carboxylic acids is 1. The van der Waals surface area contributed by atoms with Gasteiger partial charge in [0.1, 0.15) is 0 Å². The third kappa shape index (κ3) is 2.27. The van der Waals surface area contributed by atoms with Crippen molar-refractivity contribution in [1.82, 2.24) is 15.5 Å². The Morgan fingerprint density at radius 1 is 1.50 bits per heavy atom. The second-order valence-electron chi connectivity index (χ2n) is 4.04. The average Bonchev–Trinajstić information content (AvgIpc) is 2.68. The van der Waals surface area contributed by atoms with Crippen LogP contribution in [0.1, 0.15) is 6.92 Å². The van der Waals surface area contributed by atoms with E-state index >= 15 is 0 Å². The molecule has 3 N–H and O–H groups in total. The third-order valence-corrected chi connectivity index (χ3v) is 2.78. The second-order valence-corrected chi connectivity index (χ2v) is 4.04. The molecule has 1 saturated heterocycles. The first-order valence-corrected chi connectivity index (χ1v) is 5.24. The van der Waals surface area contributed by atoms with Crippen molar-refractivity contribution in [3.63, 3.8) is 0 Å². The fourth-order valence-corrected chi connectivity index (χ4v) is 1.79. The van der Waals surface area contributed by atoms with Crippen LogP contribution in [0.2, 0.25) is 0 Å². The summed E-state index contributed by atoms with van der Waals surface area (Å²) in [7, 11) is 0. The minimum atomic E-state index is -0.283. The number of hydrogen-bond acceptors (Lipinski definition) is 4. The van der Waals surface area contributed by atoms with E-state index in [9.17, 15) is 9.59 Å². The molecule has 1 aliphatic heterocycles. The van der Waals surface area contributed by atoms with Crippen molar-refractivity contribution in [3.8, 4) is 0 Å². The van der Waals surface area contributed by atoms with Gasteiger partial charge in [0.2, 0.25) is 5.91 Å². The minimum Gasteiger partial charge on any atom is -0.316 e. The van der Waals surface area contributed by atoms with Gasteiger partial charge in [-0.2, -0.15) is 5.10 Å². The fraction of sp³-hybridized carbons (Fsp3) is 0.500. The maximum Gasteiger partial charge on any atom is 0.264 e. The van der Waals surface area contributed by atoms with Crippen LogP contribution in [-0.2, 0) is 4.79 Å². The summed E-state index contributed by atoms with van der Waals surface area (Å²) in [6.07, 6.45) is 0. The van der Waals surface area contributed by atoms with E-state index in [0.29, 0.717) is 18.3 Å². The molecule has 1 fully saturated rings. The van der Waals surface area contributed by atoms with Gasteiger partial charge in [0.15, 0.2) is 5.82 Å². The van der Waals surface area contributed by atoms with Gasteiger partial charge >= 0.3 is 0 Å². The van der Waals surface area contributed by atoms with Crippen LogP contribution in [0.3, 0.4) is 0 Å². The number of H-pyrrole nitrogens is 1. The van der Waals surface area contributed by atoms with Crippen molar-refractivity contribution in [2.75, 3.05) is 18.4 Å². The largest absolute Gasteiger partial charge is 0.316 e. The first-order valence-electron chi connectivity index (χ1n) is 5.24. The molecule has 2 atom stereocenters. The molecule has 1 aliphatic rings. The Balaban J connectivity index is 2.01. The van der Waals surface area contributed by atoms with Crippen molar-refractivity contribution in [2.45, 2.75) is 6.92 Å². The number of rotatable bonds is 2. The van der Waals surface area contributed by atoms with E-state index in [4.69, 9.17) is 0 Å². The number of carbonyl (C=O) groups is 1. The van der Waals surface area contributed by atoms with Crippen LogP contribution in [0, 0.1) is 11.8 Å². The highest BCUT2D eigenvalue weighted by Gasteiger charge is 2.29. The smallest absolute Gasteiger partial charge is 0.264 e. The number of anilines is 1. The van der Waals surface area contributed by atoms with E-state index in [2.05, 4.69) is 20.8 Å². The van der Waals surface area contributed by atoms with Crippen LogP contribution in [0.5, 0.6) is 0 Å². The Bertz CT molecular complexity index is 422. The van der Waals surface area contributed by atoms with Crippen LogP contribution in [-0.4, -0.2) is 29.2 Å².